The van der Waals surface area contributed by atoms with Crippen molar-refractivity contribution in [2.24, 2.45) is 18.9 Å². The standard InChI is InChI=1S/C17H19N7O/c1-22-15(25)3-2-14(21-22)23-6-11-8-24(9-12(11)7-23)17-13-4-5-18-16(13)19-10-20-17/h2-5,10-12H,6-9H2,1H3,(H,18,19,20). The number of aromatic amines is 1. The molecule has 3 aromatic heterocycles. The number of nitrogens with zero attached hydrogens (tertiary/aromatic N) is 6. The van der Waals surface area contributed by atoms with E-state index in [0.717, 1.165) is 48.8 Å². The molecular weight excluding hydrogens is 318 g/mol. The topological polar surface area (TPSA) is 82.9 Å². The van der Waals surface area contributed by atoms with Gasteiger partial charge in [-0.15, -0.1) is 0 Å². The number of fused-ring (bicyclic) bond motifs is 2. The molecule has 0 bridgehead atoms. The molecule has 0 spiro atoms. The number of nitrogens with one attached hydrogen (secondary N) is 1. The van der Waals surface area contributed by atoms with Crippen LogP contribution in [0.1, 0.15) is 0 Å². The Morgan fingerprint density at radius 3 is 2.56 bits per heavy atom. The van der Waals surface area contributed by atoms with Gasteiger partial charge in [0, 0.05) is 57.3 Å². The largest absolute Gasteiger partial charge is 0.355 e. The van der Waals surface area contributed by atoms with Gasteiger partial charge in [0.2, 0.25) is 0 Å². The Balaban J connectivity index is 1.36. The summed E-state index contributed by atoms with van der Waals surface area (Å²) in [6.45, 7) is 3.91. The second-order valence-electron chi connectivity index (χ2n) is 6.92. The third-order valence-corrected chi connectivity index (χ3v) is 5.39. The molecule has 25 heavy (non-hydrogen) atoms. The molecule has 0 saturated carbocycles. The molecule has 2 aliphatic rings. The Morgan fingerprint density at radius 1 is 1.04 bits per heavy atom. The van der Waals surface area contributed by atoms with E-state index < -0.39 is 0 Å². The highest BCUT2D eigenvalue weighted by Gasteiger charge is 2.41. The minimum atomic E-state index is -0.0754. The summed E-state index contributed by atoms with van der Waals surface area (Å²) in [5.41, 5.74) is 0.812. The monoisotopic (exact) mass is 337 g/mol. The fourth-order valence-electron chi connectivity index (χ4n) is 4.12. The fourth-order valence-corrected chi connectivity index (χ4v) is 4.12. The van der Waals surface area contributed by atoms with Crippen LogP contribution in [0, 0.1) is 11.8 Å². The highest BCUT2D eigenvalue weighted by molar-refractivity contribution is 5.87. The van der Waals surface area contributed by atoms with E-state index in [9.17, 15) is 4.79 Å². The number of H-pyrrole nitrogens is 1. The summed E-state index contributed by atoms with van der Waals surface area (Å²) in [6.07, 6.45) is 3.54. The van der Waals surface area contributed by atoms with Crippen molar-refractivity contribution in [2.75, 3.05) is 36.0 Å². The van der Waals surface area contributed by atoms with Gasteiger partial charge in [-0.25, -0.2) is 14.6 Å². The zero-order valence-electron chi connectivity index (χ0n) is 14.0. The average Bonchev–Trinajstić information content (AvgIpc) is 3.30. The van der Waals surface area contributed by atoms with Gasteiger partial charge in [-0.05, 0) is 12.1 Å². The fraction of sp³-hybridized carbons (Fsp3) is 0.412. The zero-order valence-corrected chi connectivity index (χ0v) is 14.0. The molecule has 5 heterocycles. The van der Waals surface area contributed by atoms with Crippen molar-refractivity contribution in [1.29, 1.82) is 0 Å². The predicted octanol–water partition coefficient (Wildman–Crippen LogP) is 0.624. The summed E-state index contributed by atoms with van der Waals surface area (Å²) in [4.78, 5) is 28.1. The molecule has 0 aromatic carbocycles. The Kier molecular flexibility index (Phi) is 3.06. The Morgan fingerprint density at radius 2 is 1.80 bits per heavy atom. The molecule has 0 amide bonds. The number of hydrogen-bond acceptors (Lipinski definition) is 6. The first-order valence-electron chi connectivity index (χ1n) is 8.51. The van der Waals surface area contributed by atoms with E-state index in [4.69, 9.17) is 0 Å². The van der Waals surface area contributed by atoms with E-state index in [0.29, 0.717) is 11.8 Å². The molecule has 3 aromatic rings. The quantitative estimate of drug-likeness (QED) is 0.738. The lowest BCUT2D eigenvalue weighted by Crippen LogP contribution is -2.31. The van der Waals surface area contributed by atoms with Crippen molar-refractivity contribution in [2.45, 2.75) is 0 Å². The molecule has 2 saturated heterocycles. The number of aromatic nitrogens is 5. The summed E-state index contributed by atoms with van der Waals surface area (Å²) in [5.74, 6) is 3.08. The molecule has 5 rings (SSSR count). The molecule has 2 unspecified atom stereocenters. The first-order valence-corrected chi connectivity index (χ1v) is 8.51. The first kappa shape index (κ1) is 14.4. The van der Waals surface area contributed by atoms with Crippen molar-refractivity contribution >= 4 is 22.7 Å². The molecule has 0 aliphatic carbocycles. The zero-order chi connectivity index (χ0) is 17.0. The van der Waals surface area contributed by atoms with E-state index in [1.54, 1.807) is 19.4 Å². The molecule has 8 heteroatoms. The molecule has 2 atom stereocenters. The van der Waals surface area contributed by atoms with Gasteiger partial charge in [-0.3, -0.25) is 4.79 Å². The van der Waals surface area contributed by atoms with Gasteiger partial charge >= 0.3 is 0 Å². The number of anilines is 2. The normalized spacial score (nSPS) is 22.8. The number of aryl methyl sites for hydroxylation is 1. The molecular formula is C17H19N7O. The Hall–Kier alpha value is -2.90. The van der Waals surface area contributed by atoms with Crippen LogP contribution in [0.3, 0.4) is 0 Å². The molecule has 2 fully saturated rings. The lowest BCUT2D eigenvalue weighted by Gasteiger charge is -2.23. The summed E-state index contributed by atoms with van der Waals surface area (Å²) >= 11 is 0. The van der Waals surface area contributed by atoms with Crippen LogP contribution in [-0.2, 0) is 7.05 Å². The Labute approximate surface area is 144 Å². The van der Waals surface area contributed by atoms with Gasteiger partial charge in [-0.1, -0.05) is 0 Å². The average molecular weight is 337 g/mol. The van der Waals surface area contributed by atoms with Crippen molar-refractivity contribution in [1.82, 2.24) is 24.7 Å². The first-order chi connectivity index (χ1) is 12.2. The third-order valence-electron chi connectivity index (χ3n) is 5.39. The maximum atomic E-state index is 11.5. The summed E-state index contributed by atoms with van der Waals surface area (Å²) < 4.78 is 1.40. The maximum absolute atomic E-state index is 11.5. The van der Waals surface area contributed by atoms with Gasteiger partial charge in [0.25, 0.3) is 5.56 Å². The van der Waals surface area contributed by atoms with Crippen LogP contribution in [0.2, 0.25) is 0 Å². The summed E-state index contributed by atoms with van der Waals surface area (Å²) in [6, 6.07) is 5.46. The summed E-state index contributed by atoms with van der Waals surface area (Å²) in [7, 11) is 1.70. The second-order valence-corrected chi connectivity index (χ2v) is 6.92. The number of rotatable bonds is 2. The van der Waals surface area contributed by atoms with Gasteiger partial charge in [0.15, 0.2) is 0 Å². The molecule has 8 nitrogen and oxygen atoms in total. The van der Waals surface area contributed by atoms with Crippen LogP contribution >= 0.6 is 0 Å². The van der Waals surface area contributed by atoms with Crippen LogP contribution in [0.5, 0.6) is 0 Å². The lowest BCUT2D eigenvalue weighted by atomic mass is 10.0. The van der Waals surface area contributed by atoms with Crippen molar-refractivity contribution in [3.63, 3.8) is 0 Å². The summed E-state index contributed by atoms with van der Waals surface area (Å²) in [5, 5.41) is 5.47. The van der Waals surface area contributed by atoms with Crippen LogP contribution in [0.15, 0.2) is 35.5 Å². The van der Waals surface area contributed by atoms with E-state index in [2.05, 4.69) is 29.9 Å². The molecule has 128 valence electrons. The van der Waals surface area contributed by atoms with Gasteiger partial charge in [-0.2, -0.15) is 5.10 Å². The smallest absolute Gasteiger partial charge is 0.266 e. The number of hydrogen-bond donors (Lipinski definition) is 1. The van der Waals surface area contributed by atoms with E-state index in [1.165, 1.54) is 4.68 Å². The predicted molar refractivity (Wildman–Crippen MR) is 94.8 cm³/mol. The highest BCUT2D eigenvalue weighted by atomic mass is 16.1. The van der Waals surface area contributed by atoms with Crippen LogP contribution in [-0.4, -0.2) is 50.9 Å². The van der Waals surface area contributed by atoms with E-state index in [-0.39, 0.29) is 5.56 Å². The Bertz CT molecular complexity index is 980. The molecule has 2 aliphatic heterocycles. The minimum absolute atomic E-state index is 0.0754. The third kappa shape index (κ3) is 2.28. The van der Waals surface area contributed by atoms with E-state index >= 15 is 0 Å². The van der Waals surface area contributed by atoms with E-state index in [1.807, 2.05) is 18.3 Å². The molecule has 0 radical (unpaired) electrons. The van der Waals surface area contributed by atoms with Crippen molar-refractivity contribution in [3.8, 4) is 0 Å². The molecule has 1 N–H and O–H groups in total. The lowest BCUT2D eigenvalue weighted by molar-refractivity contribution is 0.533. The van der Waals surface area contributed by atoms with Crippen LogP contribution < -0.4 is 15.4 Å². The van der Waals surface area contributed by atoms with Gasteiger partial charge in [0.1, 0.15) is 23.6 Å². The SMILES string of the molecule is Cn1nc(N2CC3CN(c4ncnc5[nH]ccc45)CC3C2)ccc1=O. The van der Waals surface area contributed by atoms with Gasteiger partial charge in [0.05, 0.1) is 5.39 Å². The van der Waals surface area contributed by atoms with Gasteiger partial charge < -0.3 is 14.8 Å². The van der Waals surface area contributed by atoms with Crippen molar-refractivity contribution in [3.05, 3.63) is 41.1 Å². The van der Waals surface area contributed by atoms with Crippen LogP contribution in [0.25, 0.3) is 11.0 Å². The second kappa shape index (κ2) is 5.30. The highest BCUT2D eigenvalue weighted by Crippen LogP contribution is 2.36. The maximum Gasteiger partial charge on any atom is 0.266 e. The minimum Gasteiger partial charge on any atom is -0.355 e. The van der Waals surface area contributed by atoms with Crippen molar-refractivity contribution < 1.29 is 0 Å². The van der Waals surface area contributed by atoms with Crippen LogP contribution in [0.4, 0.5) is 11.6 Å².